The molecule has 0 aliphatic heterocycles. The molecule has 0 aliphatic rings. The van der Waals surface area contributed by atoms with E-state index < -0.39 is 0 Å². The second-order valence-electron chi connectivity index (χ2n) is 4.92. The van der Waals surface area contributed by atoms with Crippen LogP contribution in [0.4, 0.5) is 0 Å². The van der Waals surface area contributed by atoms with Crippen LogP contribution in [0.15, 0.2) is 53.0 Å². The van der Waals surface area contributed by atoms with Crippen molar-refractivity contribution in [3.63, 3.8) is 0 Å². The molecule has 112 valence electrons. The molecular weight excluding hydrogens is 330 g/mol. The van der Waals surface area contributed by atoms with Crippen LogP contribution in [0.3, 0.4) is 0 Å². The molecule has 3 nitrogen and oxygen atoms in total. The highest BCUT2D eigenvalue weighted by molar-refractivity contribution is 9.10. The van der Waals surface area contributed by atoms with E-state index in [9.17, 15) is 5.11 Å². The lowest BCUT2D eigenvalue weighted by atomic mass is 10.1. The molecule has 1 unspecified atom stereocenters. The molecule has 0 fully saturated rings. The van der Waals surface area contributed by atoms with Crippen LogP contribution in [0, 0.1) is 0 Å². The fraction of sp³-hybridized carbons (Fsp3) is 0.294. The van der Waals surface area contributed by atoms with Gasteiger partial charge in [-0.25, -0.2) is 0 Å². The van der Waals surface area contributed by atoms with Gasteiger partial charge in [0.05, 0.1) is 18.2 Å². The zero-order valence-corrected chi connectivity index (χ0v) is 13.6. The number of benzene rings is 2. The van der Waals surface area contributed by atoms with Crippen LogP contribution in [0.5, 0.6) is 5.75 Å². The minimum Gasteiger partial charge on any atom is -0.496 e. The number of hydrogen-bond donors (Lipinski definition) is 2. The Balaban J connectivity index is 1.92. The van der Waals surface area contributed by atoms with Gasteiger partial charge in [0.1, 0.15) is 5.75 Å². The van der Waals surface area contributed by atoms with Crippen LogP contribution in [-0.4, -0.2) is 24.9 Å². The molecule has 21 heavy (non-hydrogen) atoms. The normalized spacial score (nSPS) is 12.1. The predicted octanol–water partition coefficient (Wildman–Crippen LogP) is 3.15. The SMILES string of the molecule is COc1ccc(CNC(CO)Cc2ccccc2)cc1Br. The Hall–Kier alpha value is -1.36. The van der Waals surface area contributed by atoms with Crippen molar-refractivity contribution in [3.05, 3.63) is 64.1 Å². The van der Waals surface area contributed by atoms with Crippen molar-refractivity contribution in [1.82, 2.24) is 5.32 Å². The molecule has 2 aromatic rings. The fourth-order valence-electron chi connectivity index (χ4n) is 2.18. The van der Waals surface area contributed by atoms with Crippen LogP contribution < -0.4 is 10.1 Å². The minimum absolute atomic E-state index is 0.0493. The highest BCUT2D eigenvalue weighted by Crippen LogP contribution is 2.25. The van der Waals surface area contributed by atoms with Gasteiger partial charge in [-0.1, -0.05) is 36.4 Å². The summed E-state index contributed by atoms with van der Waals surface area (Å²) in [5.74, 6) is 0.821. The number of ether oxygens (including phenoxy) is 1. The van der Waals surface area contributed by atoms with Crippen LogP contribution in [0.25, 0.3) is 0 Å². The Labute approximate surface area is 134 Å². The summed E-state index contributed by atoms with van der Waals surface area (Å²) in [6.07, 6.45) is 0.814. The lowest BCUT2D eigenvalue weighted by Gasteiger charge is -2.17. The topological polar surface area (TPSA) is 41.5 Å². The lowest BCUT2D eigenvalue weighted by Crippen LogP contribution is -2.34. The summed E-state index contributed by atoms with van der Waals surface area (Å²) in [6, 6.07) is 16.2. The van der Waals surface area contributed by atoms with E-state index in [1.165, 1.54) is 5.56 Å². The standard InChI is InChI=1S/C17H20BrNO2/c1-21-17-8-7-14(10-16(17)18)11-19-15(12-20)9-13-5-3-2-4-6-13/h2-8,10,15,19-20H,9,11-12H2,1H3. The van der Waals surface area contributed by atoms with Crippen molar-refractivity contribution >= 4 is 15.9 Å². The van der Waals surface area contributed by atoms with Gasteiger partial charge in [0, 0.05) is 12.6 Å². The van der Waals surface area contributed by atoms with Gasteiger partial charge in [-0.2, -0.15) is 0 Å². The molecule has 0 saturated heterocycles. The summed E-state index contributed by atoms with van der Waals surface area (Å²) in [5, 5.41) is 12.9. The molecule has 2 rings (SSSR count). The second-order valence-corrected chi connectivity index (χ2v) is 5.77. The van der Waals surface area contributed by atoms with E-state index in [4.69, 9.17) is 4.74 Å². The van der Waals surface area contributed by atoms with Gasteiger partial charge in [0.25, 0.3) is 0 Å². The van der Waals surface area contributed by atoms with E-state index in [0.29, 0.717) is 6.54 Å². The molecule has 0 radical (unpaired) electrons. The molecule has 0 spiro atoms. The van der Waals surface area contributed by atoms with Gasteiger partial charge in [0.2, 0.25) is 0 Å². The van der Waals surface area contributed by atoms with Gasteiger partial charge in [0.15, 0.2) is 0 Å². The second kappa shape index (κ2) is 8.17. The van der Waals surface area contributed by atoms with E-state index in [1.807, 2.05) is 36.4 Å². The maximum Gasteiger partial charge on any atom is 0.133 e. The smallest absolute Gasteiger partial charge is 0.133 e. The first kappa shape index (κ1) is 16.0. The Morgan fingerprint density at radius 2 is 1.90 bits per heavy atom. The number of rotatable bonds is 7. The summed E-state index contributed by atoms with van der Waals surface area (Å²) >= 11 is 3.48. The highest BCUT2D eigenvalue weighted by atomic mass is 79.9. The van der Waals surface area contributed by atoms with Gasteiger partial charge in [-0.15, -0.1) is 0 Å². The van der Waals surface area contributed by atoms with Crippen LogP contribution in [0.1, 0.15) is 11.1 Å². The number of hydrogen-bond acceptors (Lipinski definition) is 3. The quantitative estimate of drug-likeness (QED) is 0.806. The fourth-order valence-corrected chi connectivity index (χ4v) is 2.77. The maximum atomic E-state index is 9.51. The van der Waals surface area contributed by atoms with Gasteiger partial charge >= 0.3 is 0 Å². The zero-order valence-electron chi connectivity index (χ0n) is 12.1. The Bertz CT molecular complexity index is 560. The first-order valence-electron chi connectivity index (χ1n) is 6.93. The summed E-state index contributed by atoms with van der Waals surface area (Å²) in [5.41, 5.74) is 2.37. The van der Waals surface area contributed by atoms with E-state index in [-0.39, 0.29) is 12.6 Å². The first-order valence-corrected chi connectivity index (χ1v) is 7.73. The largest absolute Gasteiger partial charge is 0.496 e. The average Bonchev–Trinajstić information content (AvgIpc) is 2.52. The average molecular weight is 350 g/mol. The molecule has 0 heterocycles. The number of halogens is 1. The van der Waals surface area contributed by atoms with Crippen LogP contribution in [0.2, 0.25) is 0 Å². The van der Waals surface area contributed by atoms with Crippen molar-refractivity contribution in [3.8, 4) is 5.75 Å². The Morgan fingerprint density at radius 3 is 2.52 bits per heavy atom. The van der Waals surface area contributed by atoms with Crippen LogP contribution >= 0.6 is 15.9 Å². The third-order valence-electron chi connectivity index (χ3n) is 3.36. The van der Waals surface area contributed by atoms with E-state index in [0.717, 1.165) is 22.2 Å². The summed E-state index contributed by atoms with van der Waals surface area (Å²) < 4.78 is 6.16. The zero-order chi connectivity index (χ0) is 15.1. The molecular formula is C17H20BrNO2. The van der Waals surface area contributed by atoms with E-state index >= 15 is 0 Å². The maximum absolute atomic E-state index is 9.51. The number of methoxy groups -OCH3 is 1. The Morgan fingerprint density at radius 1 is 1.14 bits per heavy atom. The number of aliphatic hydroxyl groups is 1. The van der Waals surface area contributed by atoms with Crippen molar-refractivity contribution in [2.75, 3.05) is 13.7 Å². The molecule has 0 bridgehead atoms. The monoisotopic (exact) mass is 349 g/mol. The lowest BCUT2D eigenvalue weighted by molar-refractivity contribution is 0.241. The van der Waals surface area contributed by atoms with Crippen molar-refractivity contribution in [1.29, 1.82) is 0 Å². The van der Waals surface area contributed by atoms with E-state index in [1.54, 1.807) is 7.11 Å². The number of nitrogens with one attached hydrogen (secondary N) is 1. The highest BCUT2D eigenvalue weighted by Gasteiger charge is 2.08. The van der Waals surface area contributed by atoms with Crippen molar-refractivity contribution in [2.45, 2.75) is 19.0 Å². The van der Waals surface area contributed by atoms with Crippen molar-refractivity contribution in [2.24, 2.45) is 0 Å². The molecule has 2 aromatic carbocycles. The van der Waals surface area contributed by atoms with Gasteiger partial charge < -0.3 is 15.2 Å². The predicted molar refractivity (Wildman–Crippen MR) is 88.6 cm³/mol. The summed E-state index contributed by atoms with van der Waals surface area (Å²) in [6.45, 7) is 0.826. The minimum atomic E-state index is 0.0493. The molecule has 0 aliphatic carbocycles. The third kappa shape index (κ3) is 4.84. The van der Waals surface area contributed by atoms with Crippen molar-refractivity contribution < 1.29 is 9.84 Å². The molecule has 0 amide bonds. The number of aliphatic hydroxyl groups excluding tert-OH is 1. The molecule has 0 saturated carbocycles. The molecule has 4 heteroatoms. The summed E-state index contributed by atoms with van der Waals surface area (Å²) in [4.78, 5) is 0. The third-order valence-corrected chi connectivity index (χ3v) is 3.98. The Kier molecular flexibility index (Phi) is 6.23. The van der Waals surface area contributed by atoms with Gasteiger partial charge in [-0.05, 0) is 45.6 Å². The molecule has 0 aromatic heterocycles. The van der Waals surface area contributed by atoms with Gasteiger partial charge in [-0.3, -0.25) is 0 Å². The molecule has 1 atom stereocenters. The van der Waals surface area contributed by atoms with Crippen LogP contribution in [-0.2, 0) is 13.0 Å². The summed E-state index contributed by atoms with van der Waals surface area (Å²) in [7, 11) is 1.65. The molecule has 2 N–H and O–H groups in total. The first-order chi connectivity index (χ1) is 10.2. The van der Waals surface area contributed by atoms with E-state index in [2.05, 4.69) is 33.4 Å².